The number of aromatic carboxylic acids is 1. The van der Waals surface area contributed by atoms with Crippen molar-refractivity contribution in [3.05, 3.63) is 29.3 Å². The molecule has 1 aliphatic heterocycles. The van der Waals surface area contributed by atoms with Crippen LogP contribution in [0, 0.1) is 0 Å². The van der Waals surface area contributed by atoms with Gasteiger partial charge in [-0.1, -0.05) is 12.8 Å². The van der Waals surface area contributed by atoms with E-state index in [4.69, 9.17) is 0 Å². The summed E-state index contributed by atoms with van der Waals surface area (Å²) in [7, 11) is 0. The normalized spacial score (nSPS) is 20.2. The Morgan fingerprint density at radius 3 is 2.62 bits per heavy atom. The molecule has 1 unspecified atom stereocenters. The monoisotopic (exact) mass is 301 g/mol. The van der Waals surface area contributed by atoms with Gasteiger partial charge in [-0.05, 0) is 38.0 Å². The fraction of sp³-hybridized carbons (Fsp3) is 0.533. The number of benzene rings is 1. The first-order chi connectivity index (χ1) is 9.80. The lowest BCUT2D eigenvalue weighted by molar-refractivity contribution is -0.137. The number of rotatable bonds is 2. The molecule has 1 N–H and O–H groups in total. The van der Waals surface area contributed by atoms with Crippen molar-refractivity contribution in [2.75, 3.05) is 11.4 Å². The van der Waals surface area contributed by atoms with Crippen molar-refractivity contribution < 1.29 is 23.1 Å². The van der Waals surface area contributed by atoms with Crippen LogP contribution in [0.2, 0.25) is 0 Å². The first-order valence-electron chi connectivity index (χ1n) is 7.02. The number of alkyl halides is 3. The number of nitrogens with zero attached hydrogens (tertiary/aromatic N) is 1. The standard InChI is InChI=1S/C15H18F3NO2/c1-10-5-3-2-4-8-19(10)13-7-6-11(15(16,17)18)9-12(13)14(20)21/h6-7,9-10H,2-5,8H2,1H3,(H,20,21). The summed E-state index contributed by atoms with van der Waals surface area (Å²) < 4.78 is 38.2. The molecular weight excluding hydrogens is 283 g/mol. The highest BCUT2D eigenvalue weighted by Gasteiger charge is 2.33. The Morgan fingerprint density at radius 1 is 1.29 bits per heavy atom. The highest BCUT2D eigenvalue weighted by Crippen LogP contribution is 2.34. The van der Waals surface area contributed by atoms with Crippen LogP contribution < -0.4 is 4.90 Å². The number of hydrogen-bond acceptors (Lipinski definition) is 2. The minimum Gasteiger partial charge on any atom is -0.478 e. The van der Waals surface area contributed by atoms with Gasteiger partial charge in [0.1, 0.15) is 0 Å². The Kier molecular flexibility index (Phi) is 4.44. The van der Waals surface area contributed by atoms with E-state index >= 15 is 0 Å². The van der Waals surface area contributed by atoms with Crippen molar-refractivity contribution in [1.29, 1.82) is 0 Å². The molecule has 1 saturated heterocycles. The van der Waals surface area contributed by atoms with Gasteiger partial charge in [-0.15, -0.1) is 0 Å². The molecule has 0 spiro atoms. The van der Waals surface area contributed by atoms with Crippen molar-refractivity contribution in [1.82, 2.24) is 0 Å². The fourth-order valence-electron chi connectivity index (χ4n) is 2.77. The number of hydrogen-bond donors (Lipinski definition) is 1. The Bertz CT molecular complexity index is 528. The molecule has 0 aromatic heterocycles. The molecule has 1 atom stereocenters. The first-order valence-corrected chi connectivity index (χ1v) is 7.02. The van der Waals surface area contributed by atoms with E-state index in [9.17, 15) is 23.1 Å². The lowest BCUT2D eigenvalue weighted by Gasteiger charge is -2.31. The molecule has 2 rings (SSSR count). The summed E-state index contributed by atoms with van der Waals surface area (Å²) in [6.45, 7) is 2.65. The third kappa shape index (κ3) is 3.49. The molecular formula is C15H18F3NO2. The van der Waals surface area contributed by atoms with Gasteiger partial charge in [-0.3, -0.25) is 0 Å². The van der Waals surface area contributed by atoms with E-state index in [0.717, 1.165) is 37.8 Å². The summed E-state index contributed by atoms with van der Waals surface area (Å²) in [5, 5.41) is 9.25. The van der Waals surface area contributed by atoms with E-state index in [2.05, 4.69) is 0 Å². The smallest absolute Gasteiger partial charge is 0.416 e. The molecule has 116 valence electrons. The fourth-order valence-corrected chi connectivity index (χ4v) is 2.77. The van der Waals surface area contributed by atoms with Crippen LogP contribution in [-0.2, 0) is 6.18 Å². The molecule has 3 nitrogen and oxygen atoms in total. The second-order valence-corrected chi connectivity index (χ2v) is 5.43. The summed E-state index contributed by atoms with van der Waals surface area (Å²) >= 11 is 0. The van der Waals surface area contributed by atoms with Crippen molar-refractivity contribution in [3.8, 4) is 0 Å². The minimum absolute atomic E-state index is 0.127. The van der Waals surface area contributed by atoms with Gasteiger partial charge in [0.2, 0.25) is 0 Å². The number of carbonyl (C=O) groups is 1. The third-order valence-electron chi connectivity index (χ3n) is 3.92. The van der Waals surface area contributed by atoms with E-state index in [1.807, 2.05) is 11.8 Å². The van der Waals surface area contributed by atoms with Crippen LogP contribution in [0.25, 0.3) is 0 Å². The van der Waals surface area contributed by atoms with Crippen molar-refractivity contribution >= 4 is 11.7 Å². The summed E-state index contributed by atoms with van der Waals surface area (Å²) in [6, 6.07) is 3.10. The van der Waals surface area contributed by atoms with Gasteiger partial charge in [0.05, 0.1) is 16.8 Å². The summed E-state index contributed by atoms with van der Waals surface area (Å²) in [5.74, 6) is -1.33. The maximum Gasteiger partial charge on any atom is 0.416 e. The first kappa shape index (κ1) is 15.7. The van der Waals surface area contributed by atoms with Gasteiger partial charge in [0, 0.05) is 12.6 Å². The summed E-state index contributed by atoms with van der Waals surface area (Å²) in [4.78, 5) is 13.3. The predicted molar refractivity (Wildman–Crippen MR) is 73.7 cm³/mol. The Hall–Kier alpha value is -1.72. The Morgan fingerprint density at radius 2 is 2.00 bits per heavy atom. The Balaban J connectivity index is 2.45. The molecule has 0 bridgehead atoms. The third-order valence-corrected chi connectivity index (χ3v) is 3.92. The van der Waals surface area contributed by atoms with Gasteiger partial charge >= 0.3 is 12.1 Å². The lowest BCUT2D eigenvalue weighted by atomic mass is 10.0. The average molecular weight is 301 g/mol. The van der Waals surface area contributed by atoms with E-state index in [1.54, 1.807) is 0 Å². The molecule has 6 heteroatoms. The van der Waals surface area contributed by atoms with E-state index < -0.39 is 17.7 Å². The van der Waals surface area contributed by atoms with Crippen molar-refractivity contribution in [2.45, 2.75) is 44.8 Å². The topological polar surface area (TPSA) is 40.5 Å². The zero-order valence-electron chi connectivity index (χ0n) is 11.8. The van der Waals surface area contributed by atoms with E-state index in [0.29, 0.717) is 12.2 Å². The van der Waals surface area contributed by atoms with Crippen LogP contribution in [0.4, 0.5) is 18.9 Å². The molecule has 1 fully saturated rings. The molecule has 1 heterocycles. The molecule has 0 aliphatic carbocycles. The maximum atomic E-state index is 12.7. The molecule has 0 amide bonds. The van der Waals surface area contributed by atoms with Gasteiger partial charge in [0.15, 0.2) is 0 Å². The van der Waals surface area contributed by atoms with Gasteiger partial charge in [0.25, 0.3) is 0 Å². The largest absolute Gasteiger partial charge is 0.478 e. The Labute approximate surface area is 121 Å². The zero-order valence-corrected chi connectivity index (χ0v) is 11.8. The van der Waals surface area contributed by atoms with Gasteiger partial charge in [-0.2, -0.15) is 13.2 Å². The van der Waals surface area contributed by atoms with Crippen LogP contribution in [0.15, 0.2) is 18.2 Å². The molecule has 0 radical (unpaired) electrons. The second-order valence-electron chi connectivity index (χ2n) is 5.43. The molecule has 0 saturated carbocycles. The molecule has 1 aliphatic rings. The van der Waals surface area contributed by atoms with Gasteiger partial charge < -0.3 is 10.0 Å². The van der Waals surface area contributed by atoms with Crippen LogP contribution in [0.5, 0.6) is 0 Å². The van der Waals surface area contributed by atoms with Crippen LogP contribution >= 0.6 is 0 Å². The number of carboxylic acids is 1. The molecule has 1 aromatic carbocycles. The van der Waals surface area contributed by atoms with Crippen molar-refractivity contribution in [3.63, 3.8) is 0 Å². The highest BCUT2D eigenvalue weighted by atomic mass is 19.4. The summed E-state index contributed by atoms with van der Waals surface area (Å²) in [6.07, 6.45) is -0.581. The predicted octanol–water partition coefficient (Wildman–Crippen LogP) is 4.17. The second kappa shape index (κ2) is 5.95. The van der Waals surface area contributed by atoms with E-state index in [-0.39, 0.29) is 11.6 Å². The lowest BCUT2D eigenvalue weighted by Crippen LogP contribution is -2.33. The van der Waals surface area contributed by atoms with Crippen molar-refractivity contribution in [2.24, 2.45) is 0 Å². The number of halogens is 3. The quantitative estimate of drug-likeness (QED) is 0.891. The SMILES string of the molecule is CC1CCCCCN1c1ccc(C(F)(F)F)cc1C(=O)O. The maximum absolute atomic E-state index is 12.7. The summed E-state index contributed by atoms with van der Waals surface area (Å²) in [5.41, 5.74) is -0.824. The zero-order chi connectivity index (χ0) is 15.6. The van der Waals surface area contributed by atoms with Gasteiger partial charge in [-0.25, -0.2) is 4.79 Å². The number of carboxylic acid groups (broad SMARTS) is 1. The minimum atomic E-state index is -4.53. The highest BCUT2D eigenvalue weighted by molar-refractivity contribution is 5.94. The molecule has 21 heavy (non-hydrogen) atoms. The molecule has 1 aromatic rings. The average Bonchev–Trinajstić information content (AvgIpc) is 2.61. The number of anilines is 1. The van der Waals surface area contributed by atoms with Crippen LogP contribution in [0.3, 0.4) is 0 Å². The van der Waals surface area contributed by atoms with Crippen LogP contribution in [-0.4, -0.2) is 23.7 Å². The van der Waals surface area contributed by atoms with E-state index in [1.165, 1.54) is 6.07 Å². The van der Waals surface area contributed by atoms with Crippen LogP contribution in [0.1, 0.15) is 48.5 Å².